The molecule has 1 fully saturated rings. The molecule has 2 aromatic rings. The second-order valence-corrected chi connectivity index (χ2v) is 6.58. The first-order valence-corrected chi connectivity index (χ1v) is 8.80. The van der Waals surface area contributed by atoms with Crippen molar-refractivity contribution in [1.29, 1.82) is 0 Å². The number of benzene rings is 1. The van der Waals surface area contributed by atoms with Crippen molar-refractivity contribution >= 4 is 22.6 Å². The molecular weight excluding hydrogens is 379 g/mol. The Kier molecular flexibility index (Phi) is 5.50. The van der Waals surface area contributed by atoms with Crippen LogP contribution in [0.5, 0.6) is 5.75 Å². The lowest BCUT2D eigenvalue weighted by Gasteiger charge is -2.35. The van der Waals surface area contributed by atoms with E-state index in [0.717, 1.165) is 12.3 Å². The van der Waals surface area contributed by atoms with Crippen LogP contribution in [0.3, 0.4) is 0 Å². The number of carboxylic acids is 1. The molecule has 1 saturated heterocycles. The Hall–Kier alpha value is -2.75. The first-order chi connectivity index (χ1) is 13.2. The topological polar surface area (TPSA) is 83.8 Å². The highest BCUT2D eigenvalue weighted by molar-refractivity contribution is 5.97. The fourth-order valence-corrected chi connectivity index (χ4v) is 3.52. The average Bonchev–Trinajstić information content (AvgIpc) is 2.61. The predicted octanol–water partition coefficient (Wildman–Crippen LogP) is 2.26. The third kappa shape index (κ3) is 3.51. The summed E-state index contributed by atoms with van der Waals surface area (Å²) in [6.45, 7) is 1.67. The number of piperazine rings is 1. The number of hydrogen-bond donors (Lipinski definition) is 2. The van der Waals surface area contributed by atoms with Crippen molar-refractivity contribution in [3.63, 3.8) is 0 Å². The predicted molar refractivity (Wildman–Crippen MR) is 97.1 cm³/mol. The van der Waals surface area contributed by atoms with Gasteiger partial charge in [-0.1, -0.05) is 0 Å². The molecule has 0 saturated carbocycles. The molecule has 1 aliphatic heterocycles. The number of fused-ring (bicyclic) bond motifs is 1. The number of ether oxygens (including phenoxy) is 1. The average molecular weight is 399 g/mol. The van der Waals surface area contributed by atoms with Crippen molar-refractivity contribution in [2.24, 2.45) is 0 Å². The van der Waals surface area contributed by atoms with Crippen LogP contribution in [0.15, 0.2) is 17.1 Å². The third-order valence-corrected chi connectivity index (χ3v) is 4.71. The van der Waals surface area contributed by atoms with Gasteiger partial charge in [0.1, 0.15) is 11.3 Å². The van der Waals surface area contributed by atoms with E-state index in [2.05, 4.69) is 10.1 Å². The highest BCUT2D eigenvalue weighted by Crippen LogP contribution is 2.39. The largest absolute Gasteiger partial charge is 0.477 e. The van der Waals surface area contributed by atoms with Crippen LogP contribution in [-0.2, 0) is 6.54 Å². The molecule has 3 rings (SSSR count). The Labute approximate surface area is 158 Å². The number of aryl methyl sites for hydroxylation is 1. The quantitative estimate of drug-likeness (QED) is 0.803. The summed E-state index contributed by atoms with van der Waals surface area (Å²) >= 11 is 0. The number of anilines is 1. The standard InChI is InChI=1S/C18H20F3N3O4/c1-3-23-8-11(17(26)27)15(25)10-6-12(19)14(16(13(10)23)28-18(20)21)24-5-4-22-9(2)7-24/h6,8-9,18,22H,3-5,7H2,1-2H3,(H,26,27). The Morgan fingerprint density at radius 2 is 2.18 bits per heavy atom. The molecule has 10 heteroatoms. The minimum Gasteiger partial charge on any atom is -0.477 e. The van der Waals surface area contributed by atoms with Crippen molar-refractivity contribution in [3.8, 4) is 5.75 Å². The summed E-state index contributed by atoms with van der Waals surface area (Å²) in [5.41, 5.74) is -1.74. The zero-order chi connectivity index (χ0) is 20.6. The summed E-state index contributed by atoms with van der Waals surface area (Å²) < 4.78 is 47.4. The van der Waals surface area contributed by atoms with Gasteiger partial charge in [0, 0.05) is 38.4 Å². The van der Waals surface area contributed by atoms with Crippen molar-refractivity contribution in [1.82, 2.24) is 9.88 Å². The van der Waals surface area contributed by atoms with Crippen molar-refractivity contribution in [2.75, 3.05) is 24.5 Å². The number of carbonyl (C=O) groups is 1. The van der Waals surface area contributed by atoms with Gasteiger partial charge in [-0.05, 0) is 19.9 Å². The van der Waals surface area contributed by atoms with E-state index in [1.54, 1.807) is 11.8 Å². The van der Waals surface area contributed by atoms with Gasteiger partial charge in [-0.15, -0.1) is 0 Å². The van der Waals surface area contributed by atoms with E-state index in [1.165, 1.54) is 4.57 Å². The van der Waals surface area contributed by atoms with E-state index in [-0.39, 0.29) is 29.2 Å². The van der Waals surface area contributed by atoms with E-state index in [0.29, 0.717) is 19.6 Å². The van der Waals surface area contributed by atoms with Crippen LogP contribution in [0.4, 0.5) is 18.9 Å². The summed E-state index contributed by atoms with van der Waals surface area (Å²) in [5.74, 6) is -2.86. The highest BCUT2D eigenvalue weighted by Gasteiger charge is 2.29. The monoisotopic (exact) mass is 399 g/mol. The number of pyridine rings is 1. The number of rotatable bonds is 5. The van der Waals surface area contributed by atoms with Crippen LogP contribution in [-0.4, -0.2) is 47.9 Å². The maximum absolute atomic E-state index is 15.0. The molecule has 152 valence electrons. The molecule has 0 spiro atoms. The first kappa shape index (κ1) is 20.0. The zero-order valence-electron chi connectivity index (χ0n) is 15.3. The number of nitrogens with one attached hydrogen (secondary N) is 1. The molecule has 1 unspecified atom stereocenters. The van der Waals surface area contributed by atoms with Crippen molar-refractivity contribution < 1.29 is 27.8 Å². The summed E-state index contributed by atoms with van der Waals surface area (Å²) in [6.07, 6.45) is 1.06. The molecule has 1 aliphatic rings. The number of carboxylic acid groups (broad SMARTS) is 1. The second kappa shape index (κ2) is 7.70. The molecule has 7 nitrogen and oxygen atoms in total. The van der Waals surface area contributed by atoms with Crippen LogP contribution in [0.1, 0.15) is 24.2 Å². The minimum absolute atomic E-state index is 0.00833. The van der Waals surface area contributed by atoms with Crippen molar-refractivity contribution in [2.45, 2.75) is 33.0 Å². The van der Waals surface area contributed by atoms with Gasteiger partial charge in [0.15, 0.2) is 11.6 Å². The van der Waals surface area contributed by atoms with Gasteiger partial charge in [-0.3, -0.25) is 4.79 Å². The minimum atomic E-state index is -3.25. The van der Waals surface area contributed by atoms with Gasteiger partial charge in [-0.2, -0.15) is 8.78 Å². The SMILES string of the molecule is CCn1cc(C(=O)O)c(=O)c2cc(F)c(N3CCNC(C)C3)c(OC(F)F)c21. The maximum atomic E-state index is 15.0. The summed E-state index contributed by atoms with van der Waals surface area (Å²) in [6, 6.07) is 0.891. The summed E-state index contributed by atoms with van der Waals surface area (Å²) in [7, 11) is 0. The molecule has 1 aromatic heterocycles. The van der Waals surface area contributed by atoms with Gasteiger partial charge >= 0.3 is 12.6 Å². The molecule has 2 heterocycles. The lowest BCUT2D eigenvalue weighted by atomic mass is 10.1. The normalized spacial score (nSPS) is 17.4. The Balaban J connectivity index is 2.38. The van der Waals surface area contributed by atoms with Gasteiger partial charge in [-0.25, -0.2) is 9.18 Å². The zero-order valence-corrected chi connectivity index (χ0v) is 15.3. The van der Waals surface area contributed by atoms with Crippen LogP contribution in [0, 0.1) is 5.82 Å². The van der Waals surface area contributed by atoms with Crippen LogP contribution in [0.25, 0.3) is 10.9 Å². The fraction of sp³-hybridized carbons (Fsp3) is 0.444. The summed E-state index contributed by atoms with van der Waals surface area (Å²) in [4.78, 5) is 25.5. The van der Waals surface area contributed by atoms with Crippen molar-refractivity contribution in [3.05, 3.63) is 33.9 Å². The van der Waals surface area contributed by atoms with Gasteiger partial charge < -0.3 is 24.6 Å². The summed E-state index contributed by atoms with van der Waals surface area (Å²) in [5, 5.41) is 12.1. The van der Waals surface area contributed by atoms with Crippen LogP contribution in [0.2, 0.25) is 0 Å². The maximum Gasteiger partial charge on any atom is 0.387 e. The van der Waals surface area contributed by atoms with Crippen LogP contribution < -0.4 is 20.4 Å². The van der Waals surface area contributed by atoms with E-state index in [1.807, 2.05) is 6.92 Å². The first-order valence-electron chi connectivity index (χ1n) is 8.80. The molecule has 0 aliphatic carbocycles. The molecule has 1 atom stereocenters. The molecule has 0 amide bonds. The number of nitrogens with zero attached hydrogens (tertiary/aromatic N) is 2. The number of aromatic carboxylic acids is 1. The number of alkyl halides is 2. The number of hydrogen-bond acceptors (Lipinski definition) is 5. The molecule has 2 N–H and O–H groups in total. The molecule has 28 heavy (non-hydrogen) atoms. The number of halogens is 3. The fourth-order valence-electron chi connectivity index (χ4n) is 3.52. The lowest BCUT2D eigenvalue weighted by Crippen LogP contribution is -2.49. The highest BCUT2D eigenvalue weighted by atomic mass is 19.3. The second-order valence-electron chi connectivity index (χ2n) is 6.58. The third-order valence-electron chi connectivity index (χ3n) is 4.71. The van der Waals surface area contributed by atoms with Gasteiger partial charge in [0.25, 0.3) is 0 Å². The number of aromatic nitrogens is 1. The molecule has 1 aromatic carbocycles. The lowest BCUT2D eigenvalue weighted by molar-refractivity contribution is -0.0488. The smallest absolute Gasteiger partial charge is 0.387 e. The Morgan fingerprint density at radius 3 is 2.75 bits per heavy atom. The van der Waals surface area contributed by atoms with Gasteiger partial charge in [0.2, 0.25) is 5.43 Å². The molecule has 0 bridgehead atoms. The van der Waals surface area contributed by atoms with E-state index < -0.39 is 35.1 Å². The van der Waals surface area contributed by atoms with Gasteiger partial charge in [0.05, 0.1) is 10.9 Å². The molecular formula is C18H20F3N3O4. The molecule has 0 radical (unpaired) electrons. The van der Waals surface area contributed by atoms with E-state index >= 15 is 4.39 Å². The Bertz CT molecular complexity index is 977. The Morgan fingerprint density at radius 1 is 1.46 bits per heavy atom. The van der Waals surface area contributed by atoms with E-state index in [9.17, 15) is 23.5 Å². The van der Waals surface area contributed by atoms with E-state index in [4.69, 9.17) is 0 Å². The van der Waals surface area contributed by atoms with Crippen LogP contribution >= 0.6 is 0 Å².